The SMILES string of the molecule is CC.CC1CC(C)(C)CCN1. The first-order valence-corrected chi connectivity index (χ1v) is 4.83. The van der Waals surface area contributed by atoms with Crippen LogP contribution in [-0.4, -0.2) is 12.6 Å². The van der Waals surface area contributed by atoms with E-state index in [0.717, 1.165) is 6.04 Å². The molecule has 68 valence electrons. The van der Waals surface area contributed by atoms with Crippen molar-refractivity contribution in [3.05, 3.63) is 0 Å². The first-order chi connectivity index (χ1) is 5.10. The zero-order chi connectivity index (χ0) is 8.91. The molecule has 0 aliphatic carbocycles. The van der Waals surface area contributed by atoms with Gasteiger partial charge in [0.2, 0.25) is 0 Å². The lowest BCUT2D eigenvalue weighted by molar-refractivity contribution is 0.218. The van der Waals surface area contributed by atoms with Crippen LogP contribution in [0.2, 0.25) is 0 Å². The maximum atomic E-state index is 3.44. The van der Waals surface area contributed by atoms with Crippen LogP contribution in [0.15, 0.2) is 0 Å². The van der Waals surface area contributed by atoms with Crippen LogP contribution < -0.4 is 5.32 Å². The van der Waals surface area contributed by atoms with Gasteiger partial charge in [0, 0.05) is 6.04 Å². The van der Waals surface area contributed by atoms with E-state index in [-0.39, 0.29) is 0 Å². The standard InChI is InChI=1S/C8H17N.C2H6/c1-7-6-8(2,3)4-5-9-7;1-2/h7,9H,4-6H2,1-3H3;1-2H3. The minimum atomic E-state index is 0.588. The molecule has 0 amide bonds. The fraction of sp³-hybridized carbons (Fsp3) is 1.00. The summed E-state index contributed by atoms with van der Waals surface area (Å²) in [6, 6.07) is 0.730. The Morgan fingerprint density at radius 3 is 2.09 bits per heavy atom. The van der Waals surface area contributed by atoms with Gasteiger partial charge in [0.05, 0.1) is 0 Å². The van der Waals surface area contributed by atoms with Crippen LogP contribution in [0.1, 0.15) is 47.5 Å². The fourth-order valence-electron chi connectivity index (χ4n) is 1.66. The van der Waals surface area contributed by atoms with E-state index < -0.39 is 0 Å². The van der Waals surface area contributed by atoms with E-state index in [1.807, 2.05) is 13.8 Å². The summed E-state index contributed by atoms with van der Waals surface area (Å²) < 4.78 is 0. The van der Waals surface area contributed by atoms with Gasteiger partial charge in [-0.15, -0.1) is 0 Å². The van der Waals surface area contributed by atoms with Crippen molar-refractivity contribution in [3.63, 3.8) is 0 Å². The van der Waals surface area contributed by atoms with Crippen molar-refractivity contribution in [2.75, 3.05) is 6.54 Å². The van der Waals surface area contributed by atoms with E-state index in [4.69, 9.17) is 0 Å². The van der Waals surface area contributed by atoms with Gasteiger partial charge in [0.15, 0.2) is 0 Å². The van der Waals surface area contributed by atoms with Crippen molar-refractivity contribution in [2.45, 2.75) is 53.5 Å². The fourth-order valence-corrected chi connectivity index (χ4v) is 1.66. The molecule has 1 heteroatoms. The molecule has 1 saturated heterocycles. The second-order valence-corrected chi connectivity index (χ2v) is 3.97. The molecule has 0 saturated carbocycles. The third-order valence-corrected chi connectivity index (χ3v) is 2.15. The van der Waals surface area contributed by atoms with Crippen molar-refractivity contribution in [2.24, 2.45) is 5.41 Å². The Morgan fingerprint density at radius 2 is 1.82 bits per heavy atom. The summed E-state index contributed by atoms with van der Waals surface area (Å²) in [5, 5.41) is 3.44. The van der Waals surface area contributed by atoms with E-state index in [0.29, 0.717) is 5.41 Å². The number of nitrogens with one attached hydrogen (secondary N) is 1. The van der Waals surface area contributed by atoms with Crippen LogP contribution in [0.5, 0.6) is 0 Å². The molecule has 0 aromatic heterocycles. The highest BCUT2D eigenvalue weighted by atomic mass is 14.9. The van der Waals surface area contributed by atoms with Crippen LogP contribution in [0.25, 0.3) is 0 Å². The van der Waals surface area contributed by atoms with Gasteiger partial charge in [-0.05, 0) is 31.7 Å². The number of hydrogen-bond acceptors (Lipinski definition) is 1. The zero-order valence-electron chi connectivity index (χ0n) is 8.70. The quantitative estimate of drug-likeness (QED) is 0.570. The van der Waals surface area contributed by atoms with E-state index in [2.05, 4.69) is 26.1 Å². The summed E-state index contributed by atoms with van der Waals surface area (Å²) in [7, 11) is 0. The first-order valence-electron chi connectivity index (χ1n) is 4.83. The van der Waals surface area contributed by atoms with Gasteiger partial charge in [-0.3, -0.25) is 0 Å². The molecule has 1 atom stereocenters. The van der Waals surface area contributed by atoms with Crippen molar-refractivity contribution in [1.29, 1.82) is 0 Å². The van der Waals surface area contributed by atoms with Gasteiger partial charge in [0.1, 0.15) is 0 Å². The molecular weight excluding hydrogens is 134 g/mol. The van der Waals surface area contributed by atoms with Crippen molar-refractivity contribution >= 4 is 0 Å². The Morgan fingerprint density at radius 1 is 1.27 bits per heavy atom. The van der Waals surface area contributed by atoms with E-state index in [9.17, 15) is 0 Å². The van der Waals surface area contributed by atoms with E-state index >= 15 is 0 Å². The maximum absolute atomic E-state index is 3.44. The predicted molar refractivity (Wildman–Crippen MR) is 51.8 cm³/mol. The largest absolute Gasteiger partial charge is 0.314 e. The average Bonchev–Trinajstić information content (AvgIpc) is 1.89. The molecule has 1 aliphatic rings. The molecule has 1 unspecified atom stereocenters. The molecular formula is C10H23N. The van der Waals surface area contributed by atoms with Crippen LogP contribution in [0, 0.1) is 5.41 Å². The Kier molecular flexibility index (Phi) is 4.74. The summed E-state index contributed by atoms with van der Waals surface area (Å²) in [6.45, 7) is 12.2. The smallest absolute Gasteiger partial charge is 0.00438 e. The molecule has 0 spiro atoms. The summed E-state index contributed by atoms with van der Waals surface area (Å²) in [5.74, 6) is 0. The lowest BCUT2D eigenvalue weighted by atomic mass is 9.80. The predicted octanol–water partition coefficient (Wildman–Crippen LogP) is 2.81. The van der Waals surface area contributed by atoms with Crippen molar-refractivity contribution in [3.8, 4) is 0 Å². The van der Waals surface area contributed by atoms with Gasteiger partial charge in [-0.2, -0.15) is 0 Å². The minimum absolute atomic E-state index is 0.588. The Bertz CT molecular complexity index is 97.0. The number of rotatable bonds is 0. The van der Waals surface area contributed by atoms with Gasteiger partial charge < -0.3 is 5.32 Å². The Labute approximate surface area is 71.6 Å². The lowest BCUT2D eigenvalue weighted by Crippen LogP contribution is -2.39. The molecule has 0 aromatic rings. The number of hydrogen-bond donors (Lipinski definition) is 1. The molecule has 1 N–H and O–H groups in total. The monoisotopic (exact) mass is 157 g/mol. The van der Waals surface area contributed by atoms with Crippen molar-refractivity contribution < 1.29 is 0 Å². The highest BCUT2D eigenvalue weighted by Gasteiger charge is 2.24. The minimum Gasteiger partial charge on any atom is -0.314 e. The second kappa shape index (κ2) is 4.76. The average molecular weight is 157 g/mol. The molecule has 1 aliphatic heterocycles. The third kappa shape index (κ3) is 4.41. The third-order valence-electron chi connectivity index (χ3n) is 2.15. The summed E-state index contributed by atoms with van der Waals surface area (Å²) in [5.41, 5.74) is 0.588. The highest BCUT2D eigenvalue weighted by Crippen LogP contribution is 2.28. The van der Waals surface area contributed by atoms with E-state index in [1.165, 1.54) is 19.4 Å². The van der Waals surface area contributed by atoms with Crippen molar-refractivity contribution in [1.82, 2.24) is 5.32 Å². The highest BCUT2D eigenvalue weighted by molar-refractivity contribution is 4.80. The molecule has 0 bridgehead atoms. The zero-order valence-corrected chi connectivity index (χ0v) is 8.70. The second-order valence-electron chi connectivity index (χ2n) is 3.97. The molecule has 11 heavy (non-hydrogen) atoms. The molecule has 1 rings (SSSR count). The van der Waals surface area contributed by atoms with Crippen LogP contribution in [-0.2, 0) is 0 Å². The van der Waals surface area contributed by atoms with Gasteiger partial charge in [-0.1, -0.05) is 27.7 Å². The molecule has 1 nitrogen and oxygen atoms in total. The van der Waals surface area contributed by atoms with Gasteiger partial charge in [-0.25, -0.2) is 0 Å². The maximum Gasteiger partial charge on any atom is 0.00438 e. The van der Waals surface area contributed by atoms with Gasteiger partial charge >= 0.3 is 0 Å². The van der Waals surface area contributed by atoms with Crippen LogP contribution >= 0.6 is 0 Å². The normalized spacial score (nSPS) is 28.6. The van der Waals surface area contributed by atoms with Gasteiger partial charge in [0.25, 0.3) is 0 Å². The first kappa shape index (κ1) is 11.0. The summed E-state index contributed by atoms with van der Waals surface area (Å²) >= 11 is 0. The molecule has 0 aromatic carbocycles. The lowest BCUT2D eigenvalue weighted by Gasteiger charge is -2.34. The topological polar surface area (TPSA) is 12.0 Å². The number of piperidine rings is 1. The van der Waals surface area contributed by atoms with E-state index in [1.54, 1.807) is 0 Å². The summed E-state index contributed by atoms with van der Waals surface area (Å²) in [6.07, 6.45) is 2.66. The molecule has 1 fully saturated rings. The summed E-state index contributed by atoms with van der Waals surface area (Å²) in [4.78, 5) is 0. The Balaban J connectivity index is 0.000000461. The molecule has 1 heterocycles. The Hall–Kier alpha value is -0.0400. The van der Waals surface area contributed by atoms with Crippen LogP contribution in [0.4, 0.5) is 0 Å². The van der Waals surface area contributed by atoms with Crippen LogP contribution in [0.3, 0.4) is 0 Å². The molecule has 0 radical (unpaired) electrons.